The van der Waals surface area contributed by atoms with Crippen molar-refractivity contribution in [2.45, 2.75) is 51.1 Å². The Kier molecular flexibility index (Phi) is 5.60. The molecule has 118 valence electrons. The number of nitrogens with one attached hydrogen (secondary N) is 1. The van der Waals surface area contributed by atoms with Crippen molar-refractivity contribution in [2.75, 3.05) is 13.1 Å². The van der Waals surface area contributed by atoms with E-state index in [4.69, 9.17) is 17.4 Å². The van der Waals surface area contributed by atoms with Crippen LogP contribution in [0.5, 0.6) is 0 Å². The van der Waals surface area contributed by atoms with E-state index in [9.17, 15) is 4.39 Å². The molecule has 1 unspecified atom stereocenters. The molecule has 3 nitrogen and oxygen atoms in total. The summed E-state index contributed by atoms with van der Waals surface area (Å²) in [7, 11) is 0. The molecule has 0 saturated carbocycles. The second-order valence-electron chi connectivity index (χ2n) is 6.36. The number of benzene rings is 1. The molecule has 1 heterocycles. The van der Waals surface area contributed by atoms with Gasteiger partial charge in [-0.2, -0.15) is 0 Å². The number of halogens is 2. The van der Waals surface area contributed by atoms with Crippen molar-refractivity contribution in [3.63, 3.8) is 0 Å². The molecule has 21 heavy (non-hydrogen) atoms. The fraction of sp³-hybridized carbons (Fsp3) is 0.625. The Morgan fingerprint density at radius 3 is 2.62 bits per heavy atom. The first-order valence-corrected chi connectivity index (χ1v) is 7.98. The molecule has 1 atom stereocenters. The van der Waals surface area contributed by atoms with Crippen LogP contribution in [0.15, 0.2) is 18.2 Å². The minimum absolute atomic E-state index is 0.0384. The van der Waals surface area contributed by atoms with E-state index in [-0.39, 0.29) is 17.4 Å². The second-order valence-corrected chi connectivity index (χ2v) is 6.80. The standard InChI is InChI=1S/C16H25ClFN3/c1-16(2,21-8-4-3-5-9-21)15(20-19)11-12-10-13(17)6-7-14(12)18/h6-7,10,15,20H,3-5,8-9,11,19H2,1-2H3. The lowest BCUT2D eigenvalue weighted by atomic mass is 9.86. The fourth-order valence-electron chi connectivity index (χ4n) is 3.12. The molecular weight excluding hydrogens is 289 g/mol. The van der Waals surface area contributed by atoms with E-state index < -0.39 is 0 Å². The summed E-state index contributed by atoms with van der Waals surface area (Å²) in [6.07, 6.45) is 4.24. The van der Waals surface area contributed by atoms with E-state index in [1.165, 1.54) is 25.3 Å². The van der Waals surface area contributed by atoms with Gasteiger partial charge >= 0.3 is 0 Å². The third kappa shape index (κ3) is 3.95. The van der Waals surface area contributed by atoms with Gasteiger partial charge in [0, 0.05) is 16.6 Å². The van der Waals surface area contributed by atoms with Crippen LogP contribution in [0.3, 0.4) is 0 Å². The first-order chi connectivity index (χ1) is 9.95. The van der Waals surface area contributed by atoms with Gasteiger partial charge in [-0.15, -0.1) is 0 Å². The molecule has 3 N–H and O–H groups in total. The Balaban J connectivity index is 2.16. The zero-order chi connectivity index (χ0) is 15.5. The highest BCUT2D eigenvalue weighted by Crippen LogP contribution is 2.27. The van der Waals surface area contributed by atoms with Crippen molar-refractivity contribution in [1.82, 2.24) is 10.3 Å². The van der Waals surface area contributed by atoms with Crippen LogP contribution in [0.2, 0.25) is 5.02 Å². The third-order valence-electron chi connectivity index (χ3n) is 4.66. The maximum absolute atomic E-state index is 14.0. The van der Waals surface area contributed by atoms with E-state index in [0.717, 1.165) is 13.1 Å². The smallest absolute Gasteiger partial charge is 0.126 e. The molecule has 0 amide bonds. The van der Waals surface area contributed by atoms with Crippen LogP contribution in [0, 0.1) is 5.82 Å². The maximum atomic E-state index is 14.0. The molecule has 1 aliphatic heterocycles. The van der Waals surface area contributed by atoms with E-state index in [1.54, 1.807) is 12.1 Å². The largest absolute Gasteiger partial charge is 0.297 e. The topological polar surface area (TPSA) is 41.3 Å². The molecule has 0 aromatic heterocycles. The van der Waals surface area contributed by atoms with Gasteiger partial charge < -0.3 is 0 Å². The molecule has 2 rings (SSSR count). The van der Waals surface area contributed by atoms with Crippen LogP contribution in [0.25, 0.3) is 0 Å². The lowest BCUT2D eigenvalue weighted by Crippen LogP contribution is -2.61. The summed E-state index contributed by atoms with van der Waals surface area (Å²) in [6, 6.07) is 4.64. The molecule has 0 radical (unpaired) electrons. The normalized spacial score (nSPS) is 18.7. The Morgan fingerprint density at radius 1 is 1.33 bits per heavy atom. The summed E-state index contributed by atoms with van der Waals surface area (Å²) in [6.45, 7) is 6.49. The predicted octanol–water partition coefficient (Wildman–Crippen LogP) is 3.12. The van der Waals surface area contributed by atoms with E-state index >= 15 is 0 Å². The third-order valence-corrected chi connectivity index (χ3v) is 4.89. The average Bonchev–Trinajstić information content (AvgIpc) is 2.48. The van der Waals surface area contributed by atoms with Gasteiger partial charge in [0.15, 0.2) is 0 Å². The minimum Gasteiger partial charge on any atom is -0.297 e. The van der Waals surface area contributed by atoms with Gasteiger partial charge in [0.25, 0.3) is 0 Å². The average molecular weight is 314 g/mol. The van der Waals surface area contributed by atoms with Gasteiger partial charge in [0.1, 0.15) is 5.82 Å². The Morgan fingerprint density at radius 2 is 2.00 bits per heavy atom. The highest BCUT2D eigenvalue weighted by Gasteiger charge is 2.35. The molecule has 0 bridgehead atoms. The van der Waals surface area contributed by atoms with Crippen LogP contribution in [0.4, 0.5) is 4.39 Å². The summed E-state index contributed by atoms with van der Waals surface area (Å²) in [5, 5.41) is 0.554. The number of likely N-dealkylation sites (tertiary alicyclic amines) is 1. The molecular formula is C16H25ClFN3. The molecule has 1 aromatic rings. The second kappa shape index (κ2) is 7.05. The highest BCUT2D eigenvalue weighted by molar-refractivity contribution is 6.30. The quantitative estimate of drug-likeness (QED) is 0.648. The van der Waals surface area contributed by atoms with Crippen molar-refractivity contribution >= 4 is 11.6 Å². The van der Waals surface area contributed by atoms with Gasteiger partial charge in [-0.25, -0.2) is 4.39 Å². The molecule has 1 aromatic carbocycles. The lowest BCUT2D eigenvalue weighted by Gasteiger charge is -2.45. The molecule has 0 aliphatic carbocycles. The van der Waals surface area contributed by atoms with Crippen molar-refractivity contribution in [3.05, 3.63) is 34.6 Å². The van der Waals surface area contributed by atoms with Crippen LogP contribution < -0.4 is 11.3 Å². The molecule has 5 heteroatoms. The number of nitrogens with two attached hydrogens (primary N) is 1. The van der Waals surface area contributed by atoms with Gasteiger partial charge in [-0.1, -0.05) is 18.0 Å². The Bertz CT molecular complexity index is 473. The van der Waals surface area contributed by atoms with Crippen LogP contribution >= 0.6 is 11.6 Å². The van der Waals surface area contributed by atoms with Gasteiger partial charge in [0.05, 0.1) is 0 Å². The monoisotopic (exact) mass is 313 g/mol. The predicted molar refractivity (Wildman–Crippen MR) is 85.7 cm³/mol. The van der Waals surface area contributed by atoms with Gasteiger partial charge in [-0.05, 0) is 70.0 Å². The van der Waals surface area contributed by atoms with E-state index in [1.807, 2.05) is 0 Å². The van der Waals surface area contributed by atoms with Gasteiger partial charge in [0.2, 0.25) is 0 Å². The Labute approximate surface area is 131 Å². The zero-order valence-electron chi connectivity index (χ0n) is 12.8. The van der Waals surface area contributed by atoms with E-state index in [0.29, 0.717) is 17.0 Å². The molecule has 1 aliphatic rings. The number of hydrogen-bond acceptors (Lipinski definition) is 3. The molecule has 1 fully saturated rings. The summed E-state index contributed by atoms with van der Waals surface area (Å²) >= 11 is 5.98. The van der Waals surface area contributed by atoms with Crippen LogP contribution in [0.1, 0.15) is 38.7 Å². The summed E-state index contributed by atoms with van der Waals surface area (Å²) in [4.78, 5) is 2.45. The van der Waals surface area contributed by atoms with Crippen molar-refractivity contribution < 1.29 is 4.39 Å². The number of piperidine rings is 1. The summed E-state index contributed by atoms with van der Waals surface area (Å²) < 4.78 is 14.0. The molecule has 0 spiro atoms. The number of nitrogens with zero attached hydrogens (tertiary/aromatic N) is 1. The molecule has 1 saturated heterocycles. The zero-order valence-corrected chi connectivity index (χ0v) is 13.6. The Hall–Kier alpha value is -0.680. The summed E-state index contributed by atoms with van der Waals surface area (Å²) in [5.41, 5.74) is 3.36. The van der Waals surface area contributed by atoms with Crippen LogP contribution in [-0.2, 0) is 6.42 Å². The van der Waals surface area contributed by atoms with Crippen molar-refractivity contribution in [3.8, 4) is 0 Å². The fourth-order valence-corrected chi connectivity index (χ4v) is 3.32. The minimum atomic E-state index is -0.228. The maximum Gasteiger partial charge on any atom is 0.126 e. The lowest BCUT2D eigenvalue weighted by molar-refractivity contribution is 0.0608. The van der Waals surface area contributed by atoms with Crippen LogP contribution in [-0.4, -0.2) is 29.6 Å². The number of hydrazine groups is 1. The first kappa shape index (κ1) is 16.7. The summed E-state index contributed by atoms with van der Waals surface area (Å²) in [5.74, 6) is 5.54. The SMILES string of the molecule is CC(C)(C(Cc1cc(Cl)ccc1F)NN)N1CCCCC1. The van der Waals surface area contributed by atoms with Crippen molar-refractivity contribution in [2.24, 2.45) is 5.84 Å². The van der Waals surface area contributed by atoms with Crippen molar-refractivity contribution in [1.29, 1.82) is 0 Å². The number of hydrogen-bond donors (Lipinski definition) is 2. The first-order valence-electron chi connectivity index (χ1n) is 7.60. The van der Waals surface area contributed by atoms with Gasteiger partial charge in [-0.3, -0.25) is 16.2 Å². The van der Waals surface area contributed by atoms with E-state index in [2.05, 4.69) is 24.2 Å². The number of rotatable bonds is 5. The highest BCUT2D eigenvalue weighted by atomic mass is 35.5.